The van der Waals surface area contributed by atoms with Crippen LogP contribution >= 0.6 is 15.9 Å². The Balaban J connectivity index is 3.00. The SMILES string of the molecule is Cc1ccccc1C=C(CBr)C(C)C. The van der Waals surface area contributed by atoms with E-state index in [1.807, 2.05) is 0 Å². The third kappa shape index (κ3) is 2.98. The second-order valence-corrected chi connectivity index (χ2v) is 4.42. The van der Waals surface area contributed by atoms with Gasteiger partial charge in [-0.2, -0.15) is 0 Å². The molecule has 0 amide bonds. The molecule has 0 atom stereocenters. The molecule has 1 heteroatoms. The maximum absolute atomic E-state index is 3.53. The summed E-state index contributed by atoms with van der Waals surface area (Å²) in [6.07, 6.45) is 2.29. The van der Waals surface area contributed by atoms with Gasteiger partial charge in [0, 0.05) is 5.33 Å². The molecule has 0 aliphatic carbocycles. The second-order valence-electron chi connectivity index (χ2n) is 3.86. The molecule has 1 rings (SSSR count). The molecule has 0 spiro atoms. The van der Waals surface area contributed by atoms with Crippen molar-refractivity contribution >= 4 is 22.0 Å². The zero-order valence-electron chi connectivity index (χ0n) is 9.05. The molecule has 0 heterocycles. The van der Waals surface area contributed by atoms with E-state index in [1.165, 1.54) is 16.7 Å². The first-order valence-electron chi connectivity index (χ1n) is 4.97. The fourth-order valence-electron chi connectivity index (χ4n) is 1.31. The molecule has 0 nitrogen and oxygen atoms in total. The standard InChI is InChI=1S/C13H17Br/c1-10(2)13(9-14)8-12-7-5-4-6-11(12)3/h4-8,10H,9H2,1-3H3. The fourth-order valence-corrected chi connectivity index (χ4v) is 2.12. The van der Waals surface area contributed by atoms with Crippen LogP contribution in [0.15, 0.2) is 29.8 Å². The number of hydrogen-bond acceptors (Lipinski definition) is 0. The highest BCUT2D eigenvalue weighted by Crippen LogP contribution is 2.18. The van der Waals surface area contributed by atoms with E-state index in [1.54, 1.807) is 0 Å². The van der Waals surface area contributed by atoms with E-state index in [2.05, 4.69) is 67.0 Å². The van der Waals surface area contributed by atoms with Gasteiger partial charge in [-0.05, 0) is 24.0 Å². The number of rotatable bonds is 3. The van der Waals surface area contributed by atoms with Crippen molar-refractivity contribution in [2.45, 2.75) is 20.8 Å². The number of alkyl halides is 1. The fraction of sp³-hybridized carbons (Fsp3) is 0.385. The molecular formula is C13H17Br. The van der Waals surface area contributed by atoms with Gasteiger partial charge in [-0.15, -0.1) is 0 Å². The summed E-state index contributed by atoms with van der Waals surface area (Å²) in [5, 5.41) is 0.957. The van der Waals surface area contributed by atoms with Gasteiger partial charge < -0.3 is 0 Å². The zero-order valence-corrected chi connectivity index (χ0v) is 10.6. The topological polar surface area (TPSA) is 0 Å². The molecule has 0 aliphatic rings. The van der Waals surface area contributed by atoms with E-state index in [0.717, 1.165) is 5.33 Å². The average molecular weight is 253 g/mol. The Morgan fingerprint density at radius 1 is 1.36 bits per heavy atom. The van der Waals surface area contributed by atoms with Crippen LogP contribution in [0.2, 0.25) is 0 Å². The Hall–Kier alpha value is -0.560. The van der Waals surface area contributed by atoms with Crippen molar-refractivity contribution in [3.05, 3.63) is 41.0 Å². The lowest BCUT2D eigenvalue weighted by molar-refractivity contribution is 0.780. The van der Waals surface area contributed by atoms with Crippen LogP contribution in [0.4, 0.5) is 0 Å². The Kier molecular flexibility index (Phi) is 4.40. The molecule has 0 saturated heterocycles. The van der Waals surface area contributed by atoms with Crippen molar-refractivity contribution in [1.29, 1.82) is 0 Å². The minimum atomic E-state index is 0.606. The molecule has 0 saturated carbocycles. The normalized spacial score (nSPS) is 12.2. The third-order valence-corrected chi connectivity index (χ3v) is 3.07. The van der Waals surface area contributed by atoms with E-state index >= 15 is 0 Å². The van der Waals surface area contributed by atoms with Gasteiger partial charge in [0.25, 0.3) is 0 Å². The van der Waals surface area contributed by atoms with E-state index in [9.17, 15) is 0 Å². The van der Waals surface area contributed by atoms with Gasteiger partial charge in [0.2, 0.25) is 0 Å². The predicted octanol–water partition coefficient (Wildman–Crippen LogP) is 4.43. The molecule has 76 valence electrons. The van der Waals surface area contributed by atoms with Crippen LogP contribution in [0.5, 0.6) is 0 Å². The summed E-state index contributed by atoms with van der Waals surface area (Å²) in [5.74, 6) is 0.606. The molecule has 0 aliphatic heterocycles. The largest absolute Gasteiger partial charge is 0.0880 e. The smallest absolute Gasteiger partial charge is 0.0247 e. The maximum Gasteiger partial charge on any atom is 0.0247 e. The molecule has 0 fully saturated rings. The minimum absolute atomic E-state index is 0.606. The first-order chi connectivity index (χ1) is 6.65. The van der Waals surface area contributed by atoms with Crippen LogP contribution in [-0.2, 0) is 0 Å². The van der Waals surface area contributed by atoms with Crippen molar-refractivity contribution in [3.63, 3.8) is 0 Å². The summed E-state index contributed by atoms with van der Waals surface area (Å²) in [4.78, 5) is 0. The van der Waals surface area contributed by atoms with Crippen LogP contribution in [0.1, 0.15) is 25.0 Å². The lowest BCUT2D eigenvalue weighted by Gasteiger charge is -2.09. The van der Waals surface area contributed by atoms with Crippen molar-refractivity contribution in [3.8, 4) is 0 Å². The van der Waals surface area contributed by atoms with Crippen molar-refractivity contribution in [1.82, 2.24) is 0 Å². The Bertz CT molecular complexity index is 324. The molecule has 0 aromatic heterocycles. The van der Waals surface area contributed by atoms with Crippen LogP contribution in [-0.4, -0.2) is 5.33 Å². The van der Waals surface area contributed by atoms with Gasteiger partial charge in [-0.1, -0.05) is 65.7 Å². The molecule has 14 heavy (non-hydrogen) atoms. The zero-order chi connectivity index (χ0) is 10.6. The average Bonchev–Trinajstić information content (AvgIpc) is 2.16. The van der Waals surface area contributed by atoms with Crippen molar-refractivity contribution in [2.24, 2.45) is 5.92 Å². The van der Waals surface area contributed by atoms with Gasteiger partial charge in [0.05, 0.1) is 0 Å². The summed E-state index contributed by atoms with van der Waals surface area (Å²) >= 11 is 3.53. The molecule has 0 N–H and O–H groups in total. The Labute approximate surface area is 95.2 Å². The van der Waals surface area contributed by atoms with Gasteiger partial charge in [-0.25, -0.2) is 0 Å². The molecule has 1 aromatic carbocycles. The van der Waals surface area contributed by atoms with E-state index in [4.69, 9.17) is 0 Å². The van der Waals surface area contributed by atoms with E-state index in [0.29, 0.717) is 5.92 Å². The molecule has 1 aromatic rings. The number of aryl methyl sites for hydroxylation is 1. The van der Waals surface area contributed by atoms with Crippen molar-refractivity contribution in [2.75, 3.05) is 5.33 Å². The number of benzene rings is 1. The van der Waals surface area contributed by atoms with Crippen LogP contribution in [0, 0.1) is 12.8 Å². The summed E-state index contributed by atoms with van der Waals surface area (Å²) in [7, 11) is 0. The summed E-state index contributed by atoms with van der Waals surface area (Å²) in [5.41, 5.74) is 4.11. The molecule has 0 unspecified atom stereocenters. The molecular weight excluding hydrogens is 236 g/mol. The second kappa shape index (κ2) is 5.35. The number of allylic oxidation sites excluding steroid dienone is 1. The minimum Gasteiger partial charge on any atom is -0.0880 e. The quantitative estimate of drug-likeness (QED) is 0.699. The van der Waals surface area contributed by atoms with E-state index < -0.39 is 0 Å². The Morgan fingerprint density at radius 3 is 2.50 bits per heavy atom. The van der Waals surface area contributed by atoms with Crippen LogP contribution < -0.4 is 0 Å². The van der Waals surface area contributed by atoms with Gasteiger partial charge >= 0.3 is 0 Å². The first-order valence-corrected chi connectivity index (χ1v) is 6.09. The van der Waals surface area contributed by atoms with Crippen LogP contribution in [0.25, 0.3) is 6.08 Å². The summed E-state index contributed by atoms with van der Waals surface area (Å²) < 4.78 is 0. The van der Waals surface area contributed by atoms with Gasteiger partial charge in [-0.3, -0.25) is 0 Å². The maximum atomic E-state index is 3.53. The van der Waals surface area contributed by atoms with E-state index in [-0.39, 0.29) is 0 Å². The summed E-state index contributed by atoms with van der Waals surface area (Å²) in [6.45, 7) is 6.61. The number of halogens is 1. The summed E-state index contributed by atoms with van der Waals surface area (Å²) in [6, 6.07) is 8.49. The molecule has 0 radical (unpaired) electrons. The van der Waals surface area contributed by atoms with Crippen molar-refractivity contribution < 1.29 is 0 Å². The predicted molar refractivity (Wildman–Crippen MR) is 67.8 cm³/mol. The van der Waals surface area contributed by atoms with Crippen LogP contribution in [0.3, 0.4) is 0 Å². The highest BCUT2D eigenvalue weighted by atomic mass is 79.9. The lowest BCUT2D eigenvalue weighted by Crippen LogP contribution is -1.95. The lowest BCUT2D eigenvalue weighted by atomic mass is 10.00. The number of hydrogen-bond donors (Lipinski definition) is 0. The highest BCUT2D eigenvalue weighted by Gasteiger charge is 2.02. The monoisotopic (exact) mass is 252 g/mol. The molecule has 0 bridgehead atoms. The first kappa shape index (κ1) is 11.5. The third-order valence-electron chi connectivity index (χ3n) is 2.43. The highest BCUT2D eigenvalue weighted by molar-refractivity contribution is 9.09. The van der Waals surface area contributed by atoms with Gasteiger partial charge in [0.15, 0.2) is 0 Å². The Morgan fingerprint density at radius 2 is 2.00 bits per heavy atom. The van der Waals surface area contributed by atoms with Gasteiger partial charge in [0.1, 0.15) is 0 Å².